The molecular formula is C24H31NO2. The maximum absolute atomic E-state index is 12.8. The Kier molecular flexibility index (Phi) is 7.35. The fraction of sp³-hybridized carbons (Fsp3) is 0.417. The van der Waals surface area contributed by atoms with E-state index >= 15 is 0 Å². The van der Waals surface area contributed by atoms with Crippen molar-refractivity contribution in [1.82, 2.24) is 0 Å². The fourth-order valence-corrected chi connectivity index (χ4v) is 2.95. The molecule has 0 saturated heterocycles. The highest BCUT2D eigenvalue weighted by Gasteiger charge is 2.21. The van der Waals surface area contributed by atoms with Gasteiger partial charge in [0.25, 0.3) is 0 Å². The summed E-state index contributed by atoms with van der Waals surface area (Å²) in [5.41, 5.74) is 2.75. The summed E-state index contributed by atoms with van der Waals surface area (Å²) in [5, 5.41) is 8.57. The highest BCUT2D eigenvalue weighted by molar-refractivity contribution is 6.08. The van der Waals surface area contributed by atoms with Crippen molar-refractivity contribution in [3.63, 3.8) is 0 Å². The summed E-state index contributed by atoms with van der Waals surface area (Å²) in [6.45, 7) is 8.59. The van der Waals surface area contributed by atoms with Crippen LogP contribution in [0.1, 0.15) is 81.3 Å². The zero-order valence-electron chi connectivity index (χ0n) is 17.0. The van der Waals surface area contributed by atoms with Crippen molar-refractivity contribution in [2.45, 2.75) is 65.2 Å². The van der Waals surface area contributed by atoms with Gasteiger partial charge in [-0.1, -0.05) is 71.2 Å². The second kappa shape index (κ2) is 9.50. The van der Waals surface area contributed by atoms with Crippen LogP contribution in [0.25, 0.3) is 0 Å². The lowest BCUT2D eigenvalue weighted by Crippen LogP contribution is -2.18. The second-order valence-corrected chi connectivity index (χ2v) is 8.00. The van der Waals surface area contributed by atoms with Crippen LogP contribution in [0.4, 0.5) is 0 Å². The van der Waals surface area contributed by atoms with E-state index in [1.807, 2.05) is 36.4 Å². The number of para-hydroxylation sites is 1. The highest BCUT2D eigenvalue weighted by Crippen LogP contribution is 2.26. The molecule has 0 aliphatic rings. The van der Waals surface area contributed by atoms with Crippen LogP contribution in [0.3, 0.4) is 0 Å². The van der Waals surface area contributed by atoms with Crippen LogP contribution in [-0.4, -0.2) is 11.7 Å². The van der Waals surface area contributed by atoms with Gasteiger partial charge in [-0.15, -0.1) is 0 Å². The molecular weight excluding hydrogens is 334 g/mol. The molecule has 0 amide bonds. The molecule has 2 aromatic carbocycles. The number of esters is 1. The van der Waals surface area contributed by atoms with E-state index in [-0.39, 0.29) is 5.41 Å². The SMILES string of the molecule is CCCCCCC(=N)c1cc(C(C)(C)C)ccc1C(=O)Oc1ccccc1. The average molecular weight is 366 g/mol. The molecule has 0 aromatic heterocycles. The van der Waals surface area contributed by atoms with Crippen LogP contribution in [0.15, 0.2) is 48.5 Å². The quantitative estimate of drug-likeness (QED) is 0.250. The van der Waals surface area contributed by atoms with Crippen LogP contribution >= 0.6 is 0 Å². The Morgan fingerprint density at radius 3 is 2.30 bits per heavy atom. The van der Waals surface area contributed by atoms with Crippen LogP contribution in [-0.2, 0) is 5.41 Å². The number of benzene rings is 2. The maximum Gasteiger partial charge on any atom is 0.344 e. The number of hydrogen-bond acceptors (Lipinski definition) is 3. The molecule has 0 bridgehead atoms. The molecule has 2 aromatic rings. The summed E-state index contributed by atoms with van der Waals surface area (Å²) in [7, 11) is 0. The average Bonchev–Trinajstić information content (AvgIpc) is 2.64. The minimum atomic E-state index is -0.407. The molecule has 0 atom stereocenters. The lowest BCUT2D eigenvalue weighted by atomic mass is 9.84. The first kappa shape index (κ1) is 20.9. The van der Waals surface area contributed by atoms with E-state index in [1.54, 1.807) is 12.1 Å². The van der Waals surface area contributed by atoms with Gasteiger partial charge in [-0.05, 0) is 48.1 Å². The Morgan fingerprint density at radius 2 is 1.67 bits per heavy atom. The third kappa shape index (κ3) is 6.06. The van der Waals surface area contributed by atoms with Crippen LogP contribution in [0.5, 0.6) is 5.75 Å². The van der Waals surface area contributed by atoms with Gasteiger partial charge in [0, 0.05) is 11.3 Å². The summed E-state index contributed by atoms with van der Waals surface area (Å²) < 4.78 is 5.52. The molecule has 0 spiro atoms. The van der Waals surface area contributed by atoms with Crippen molar-refractivity contribution >= 4 is 11.7 Å². The molecule has 144 valence electrons. The number of rotatable bonds is 8. The second-order valence-electron chi connectivity index (χ2n) is 8.00. The number of hydrogen-bond donors (Lipinski definition) is 1. The first-order chi connectivity index (χ1) is 12.8. The van der Waals surface area contributed by atoms with E-state index < -0.39 is 5.97 Å². The minimum absolute atomic E-state index is 0.0426. The fourth-order valence-electron chi connectivity index (χ4n) is 2.95. The molecule has 0 aliphatic carbocycles. The number of ether oxygens (including phenoxy) is 1. The largest absolute Gasteiger partial charge is 0.423 e. The molecule has 0 unspecified atom stereocenters. The molecule has 27 heavy (non-hydrogen) atoms. The van der Waals surface area contributed by atoms with Gasteiger partial charge in [0.1, 0.15) is 5.75 Å². The molecule has 0 heterocycles. The number of nitrogens with one attached hydrogen (secondary N) is 1. The van der Waals surface area contributed by atoms with Crippen LogP contribution in [0.2, 0.25) is 0 Å². The molecule has 0 fully saturated rings. The van der Waals surface area contributed by atoms with Gasteiger partial charge in [0.05, 0.1) is 5.56 Å². The van der Waals surface area contributed by atoms with Crippen molar-refractivity contribution in [2.24, 2.45) is 0 Å². The summed E-state index contributed by atoms with van der Waals surface area (Å²) in [4.78, 5) is 12.8. The maximum atomic E-state index is 12.8. The minimum Gasteiger partial charge on any atom is -0.423 e. The van der Waals surface area contributed by atoms with Crippen molar-refractivity contribution in [2.75, 3.05) is 0 Å². The Hall–Kier alpha value is -2.42. The molecule has 3 nitrogen and oxygen atoms in total. The Balaban J connectivity index is 2.29. The van der Waals surface area contributed by atoms with Gasteiger partial charge in [-0.3, -0.25) is 0 Å². The Morgan fingerprint density at radius 1 is 0.963 bits per heavy atom. The zero-order chi connectivity index (χ0) is 19.9. The van der Waals surface area contributed by atoms with Crippen molar-refractivity contribution in [3.8, 4) is 5.75 Å². The predicted octanol–water partition coefficient (Wildman–Crippen LogP) is 6.54. The summed E-state index contributed by atoms with van der Waals surface area (Å²) in [6.07, 6.45) is 5.11. The van der Waals surface area contributed by atoms with Gasteiger partial charge < -0.3 is 10.1 Å². The van der Waals surface area contributed by atoms with Crippen LogP contribution in [0, 0.1) is 5.41 Å². The molecule has 0 radical (unpaired) electrons. The number of carbonyl (C=O) groups excluding carboxylic acids is 1. The van der Waals surface area contributed by atoms with Crippen LogP contribution < -0.4 is 4.74 Å². The first-order valence-electron chi connectivity index (χ1n) is 9.82. The Labute approximate surface area is 163 Å². The predicted molar refractivity (Wildman–Crippen MR) is 112 cm³/mol. The third-order valence-electron chi connectivity index (χ3n) is 4.66. The summed E-state index contributed by atoms with van der Waals surface area (Å²) in [5.74, 6) is 0.109. The lowest BCUT2D eigenvalue weighted by Gasteiger charge is -2.21. The molecule has 0 aliphatic heterocycles. The van der Waals surface area contributed by atoms with E-state index in [0.717, 1.165) is 18.4 Å². The van der Waals surface area contributed by atoms with Gasteiger partial charge in [0.15, 0.2) is 0 Å². The van der Waals surface area contributed by atoms with Crippen molar-refractivity contribution in [3.05, 3.63) is 65.2 Å². The van der Waals surface area contributed by atoms with Crippen molar-refractivity contribution in [1.29, 1.82) is 5.41 Å². The van der Waals surface area contributed by atoms with E-state index in [1.165, 1.54) is 12.8 Å². The Bertz CT molecular complexity index is 773. The smallest absolute Gasteiger partial charge is 0.344 e. The van der Waals surface area contributed by atoms with E-state index in [0.29, 0.717) is 29.0 Å². The summed E-state index contributed by atoms with van der Waals surface area (Å²) >= 11 is 0. The number of carbonyl (C=O) groups is 1. The number of unbranched alkanes of at least 4 members (excludes halogenated alkanes) is 3. The van der Waals surface area contributed by atoms with E-state index in [9.17, 15) is 4.79 Å². The van der Waals surface area contributed by atoms with Gasteiger partial charge in [-0.25, -0.2) is 4.79 Å². The van der Waals surface area contributed by atoms with Crippen molar-refractivity contribution < 1.29 is 9.53 Å². The van der Waals surface area contributed by atoms with Gasteiger partial charge in [0.2, 0.25) is 0 Å². The standard InChI is InChI=1S/C24H31NO2/c1-5-6-7-11-14-22(25)21-17-18(24(2,3)4)15-16-20(21)23(26)27-19-12-9-8-10-13-19/h8-10,12-13,15-17,25H,5-7,11,14H2,1-4H3. The third-order valence-corrected chi connectivity index (χ3v) is 4.66. The van der Waals surface area contributed by atoms with Gasteiger partial charge >= 0.3 is 5.97 Å². The highest BCUT2D eigenvalue weighted by atomic mass is 16.5. The molecule has 2 rings (SSSR count). The monoisotopic (exact) mass is 365 g/mol. The van der Waals surface area contributed by atoms with Gasteiger partial charge in [-0.2, -0.15) is 0 Å². The molecule has 1 N–H and O–H groups in total. The van der Waals surface area contributed by atoms with E-state index in [4.69, 9.17) is 10.1 Å². The molecule has 3 heteroatoms. The topological polar surface area (TPSA) is 50.2 Å². The zero-order valence-corrected chi connectivity index (χ0v) is 17.0. The van der Waals surface area contributed by atoms with E-state index in [2.05, 4.69) is 27.7 Å². The summed E-state index contributed by atoms with van der Waals surface area (Å²) in [6, 6.07) is 14.8. The molecule has 0 saturated carbocycles. The first-order valence-corrected chi connectivity index (χ1v) is 9.82. The lowest BCUT2D eigenvalue weighted by molar-refractivity contribution is 0.0734. The normalized spacial score (nSPS) is 11.3.